The summed E-state index contributed by atoms with van der Waals surface area (Å²) in [5.41, 5.74) is 13.4. The van der Waals surface area contributed by atoms with Crippen molar-refractivity contribution in [1.29, 1.82) is 0 Å². The number of halogens is 1. The predicted octanol–water partition coefficient (Wildman–Crippen LogP) is 5.42. The summed E-state index contributed by atoms with van der Waals surface area (Å²) in [5.74, 6) is 1.90. The molecule has 24 heavy (non-hydrogen) atoms. The number of pyridine rings is 1. The largest absolute Gasteiger partial charge is 0.679 e. The summed E-state index contributed by atoms with van der Waals surface area (Å²) in [6.45, 7) is 5.03. The monoisotopic (exact) mass is 578 g/mol. The summed E-state index contributed by atoms with van der Waals surface area (Å²) in [4.78, 5) is 16.1. The van der Waals surface area contributed by atoms with Crippen LogP contribution in [0.2, 0.25) is 0 Å². The van der Waals surface area contributed by atoms with Crippen LogP contribution >= 0.6 is 13.3 Å². The van der Waals surface area contributed by atoms with Crippen molar-refractivity contribution < 1.29 is 22.6 Å². The van der Waals surface area contributed by atoms with Crippen molar-refractivity contribution in [2.75, 3.05) is 18.4 Å². The summed E-state index contributed by atoms with van der Waals surface area (Å²) >= 11 is 4.86. The molecule has 1 saturated carbocycles. The zero-order valence-corrected chi connectivity index (χ0v) is 18.2. The van der Waals surface area contributed by atoms with E-state index in [4.69, 9.17) is 11.5 Å². The molecule has 0 unspecified atom stereocenters. The van der Waals surface area contributed by atoms with E-state index in [-0.39, 0.29) is 24.9 Å². The first kappa shape index (κ1) is 23.7. The van der Waals surface area contributed by atoms with Crippen molar-refractivity contribution in [2.45, 2.75) is 39.5 Å². The molecule has 1 aromatic heterocycles. The summed E-state index contributed by atoms with van der Waals surface area (Å²) in [6, 6.07) is 3.66. The Bertz CT molecular complexity index is 424. The number of nitrogens with zero attached hydrogens (tertiary/aromatic N) is 1. The molecule has 1 amide bonds. The van der Waals surface area contributed by atoms with Crippen LogP contribution in [-0.4, -0.2) is 24.0 Å². The van der Waals surface area contributed by atoms with Crippen molar-refractivity contribution in [2.24, 2.45) is 17.8 Å². The molecule has 1 aliphatic rings. The van der Waals surface area contributed by atoms with Crippen LogP contribution in [0.5, 0.6) is 0 Å². The van der Waals surface area contributed by atoms with Gasteiger partial charge in [-0.1, -0.05) is 13.8 Å². The Morgan fingerprint density at radius 1 is 1.21 bits per heavy atom. The molecule has 0 aliphatic heterocycles. The van der Waals surface area contributed by atoms with E-state index in [0.717, 1.165) is 30.4 Å². The zero-order valence-electron chi connectivity index (χ0n) is 14.3. The number of nitrogens with one attached hydrogen (secondary N) is 3. The summed E-state index contributed by atoms with van der Waals surface area (Å²) in [5, 5.41) is 2.98. The first-order valence-electron chi connectivity index (χ1n) is 8.20. The number of carbonyl (C=O) groups excluding carboxylic acids is 1. The Kier molecular flexibility index (Phi) is 14.8. The molecular weight excluding hydrogens is 551 g/mol. The van der Waals surface area contributed by atoms with Gasteiger partial charge in [0.1, 0.15) is 0 Å². The minimum atomic E-state index is 0.170. The summed E-state index contributed by atoms with van der Waals surface area (Å²) in [6.07, 6.45) is 7.83. The van der Waals surface area contributed by atoms with Crippen LogP contribution in [0, 0.1) is 17.8 Å². The molecule has 141 valence electrons. The maximum absolute atomic E-state index is 12.1. The van der Waals surface area contributed by atoms with E-state index in [2.05, 4.69) is 37.4 Å². The molecule has 0 atom stereocenters. The Labute approximate surface area is 163 Å². The van der Waals surface area contributed by atoms with Crippen LogP contribution < -0.4 is 5.32 Å². The number of rotatable bonds is 4. The number of hydrogen-bond donors (Lipinski definition) is 1. The van der Waals surface area contributed by atoms with E-state index in [1.165, 1.54) is 12.8 Å². The smallest absolute Gasteiger partial charge is 0.171 e. The average Bonchev–Trinajstić information content (AvgIpc) is 2.64. The van der Waals surface area contributed by atoms with Crippen molar-refractivity contribution >= 4 is 24.9 Å². The van der Waals surface area contributed by atoms with Crippen LogP contribution in [0.1, 0.15) is 39.5 Å². The summed E-state index contributed by atoms with van der Waals surface area (Å²) in [7, 11) is 0. The molecule has 3 N–H and O–H groups in total. The van der Waals surface area contributed by atoms with Crippen molar-refractivity contribution in [3.8, 4) is 0 Å². The molecule has 0 aromatic carbocycles. The minimum absolute atomic E-state index is 0.170. The second-order valence-corrected chi connectivity index (χ2v) is 6.08. The fraction of sp³-hybridized carbons (Fsp3) is 0.647. The number of anilines is 1. The van der Waals surface area contributed by atoms with E-state index in [1.54, 1.807) is 12.4 Å². The third-order valence-electron chi connectivity index (χ3n) is 4.16. The van der Waals surface area contributed by atoms with Gasteiger partial charge in [0.05, 0.1) is 0 Å². The fourth-order valence-electron chi connectivity index (χ4n) is 2.73. The Hall–Kier alpha value is -0.292. The molecule has 7 heteroatoms. The maximum Gasteiger partial charge on any atom is -0.171 e. The molecule has 5 nitrogen and oxygen atoms in total. The minimum Gasteiger partial charge on any atom is -0.679 e. The van der Waals surface area contributed by atoms with Crippen LogP contribution in [0.3, 0.4) is 0 Å². The van der Waals surface area contributed by atoms with Gasteiger partial charge < -0.3 is 16.8 Å². The standard InChI is InChI=1S/C15H22N2O.C2H6N2.BrH.Pt/c1-11(2)12-3-5-13(6-4-12)15(18)17-14-7-9-16-10-8-14;3-1-2-4;;/h7-13H,3-6H2,1-2H3,(H,16,17,18);3-4H,1-2H2;1H;/q;-2;;+1/p-1. The van der Waals surface area contributed by atoms with Gasteiger partial charge in [-0.3, -0.25) is 9.78 Å². The molecule has 0 bridgehead atoms. The maximum atomic E-state index is 12.1. The van der Waals surface area contributed by atoms with Crippen molar-refractivity contribution in [1.82, 2.24) is 4.98 Å². The van der Waals surface area contributed by atoms with E-state index in [1.807, 2.05) is 29.9 Å². The first-order valence-corrected chi connectivity index (χ1v) is 13.2. The van der Waals surface area contributed by atoms with Gasteiger partial charge >= 0.3 is 31.1 Å². The Morgan fingerprint density at radius 3 is 2.12 bits per heavy atom. The first-order chi connectivity index (χ1) is 11.6. The Morgan fingerprint density at radius 2 is 1.71 bits per heavy atom. The normalized spacial score (nSPS) is 19.5. The molecule has 1 heterocycles. The van der Waals surface area contributed by atoms with Crippen LogP contribution in [0.15, 0.2) is 24.5 Å². The molecule has 0 radical (unpaired) electrons. The zero-order chi connectivity index (χ0) is 18.4. The summed E-state index contributed by atoms with van der Waals surface area (Å²) < 4.78 is 0. The second-order valence-electron chi connectivity index (χ2n) is 6.08. The van der Waals surface area contributed by atoms with Crippen LogP contribution in [0.25, 0.3) is 11.5 Å². The van der Waals surface area contributed by atoms with Gasteiger partial charge in [-0.2, -0.15) is 13.1 Å². The van der Waals surface area contributed by atoms with Gasteiger partial charge in [0.2, 0.25) is 5.91 Å². The van der Waals surface area contributed by atoms with E-state index < -0.39 is 0 Å². The number of carbonyl (C=O) groups is 1. The van der Waals surface area contributed by atoms with Crippen molar-refractivity contribution in [3.63, 3.8) is 0 Å². The third-order valence-corrected chi connectivity index (χ3v) is 4.16. The average molecular weight is 579 g/mol. The fourth-order valence-corrected chi connectivity index (χ4v) is 2.73. The Balaban J connectivity index is 0.000000773. The molecule has 1 aliphatic carbocycles. The number of hydrogen-bond acceptors (Lipinski definition) is 2. The molecule has 2 rings (SSSR count). The number of aromatic nitrogens is 1. The van der Waals surface area contributed by atoms with Crippen LogP contribution in [-0.2, 0) is 22.6 Å². The van der Waals surface area contributed by atoms with E-state index in [9.17, 15) is 4.79 Å². The molecule has 1 aromatic rings. The quantitative estimate of drug-likeness (QED) is 0.517. The SMILES string of the molecule is CC(C)C1CCC(C(=O)Nc2ccncc2)CC1.[Br][Pt].[NH-]CC[NH-]. The van der Waals surface area contributed by atoms with Crippen LogP contribution in [0.4, 0.5) is 5.69 Å². The predicted molar refractivity (Wildman–Crippen MR) is 100 cm³/mol. The van der Waals surface area contributed by atoms with E-state index >= 15 is 0 Å². The number of amides is 1. The topological polar surface area (TPSA) is 89.6 Å². The molecule has 0 spiro atoms. The van der Waals surface area contributed by atoms with Gasteiger partial charge in [-0.15, -0.1) is 0 Å². The third kappa shape index (κ3) is 9.87. The van der Waals surface area contributed by atoms with Gasteiger partial charge in [-0.25, -0.2) is 0 Å². The molecular formula is C17H28BrN4OPt-2. The molecule has 0 saturated heterocycles. The van der Waals surface area contributed by atoms with Gasteiger partial charge in [0.15, 0.2) is 0 Å². The van der Waals surface area contributed by atoms with Gasteiger partial charge in [0.25, 0.3) is 0 Å². The van der Waals surface area contributed by atoms with Gasteiger partial charge in [0, 0.05) is 24.0 Å². The second kappa shape index (κ2) is 15.0. The van der Waals surface area contributed by atoms with E-state index in [0.29, 0.717) is 0 Å². The van der Waals surface area contributed by atoms with Gasteiger partial charge in [-0.05, 0) is 49.7 Å². The van der Waals surface area contributed by atoms with Crippen molar-refractivity contribution in [3.05, 3.63) is 36.0 Å². The molecule has 1 fully saturated rings.